The van der Waals surface area contributed by atoms with Crippen LogP contribution in [0.4, 0.5) is 0 Å². The van der Waals surface area contributed by atoms with Gasteiger partial charge in [-0.25, -0.2) is 0 Å². The van der Waals surface area contributed by atoms with Crippen molar-refractivity contribution in [1.29, 1.82) is 0 Å². The van der Waals surface area contributed by atoms with Crippen molar-refractivity contribution in [3.63, 3.8) is 0 Å². The van der Waals surface area contributed by atoms with E-state index in [1.54, 1.807) is 33.4 Å². The Balaban J connectivity index is 1.25. The lowest BCUT2D eigenvalue weighted by molar-refractivity contribution is 0.389. The Kier molecular flexibility index (Phi) is 8.22. The van der Waals surface area contributed by atoms with Gasteiger partial charge in [-0.3, -0.25) is 0 Å². The molecule has 0 N–H and O–H groups in total. The van der Waals surface area contributed by atoms with Gasteiger partial charge in [0, 0.05) is 0 Å². The van der Waals surface area contributed by atoms with Gasteiger partial charge >= 0.3 is 0 Å². The highest BCUT2D eigenvalue weighted by molar-refractivity contribution is 6.80. The molecule has 4 aliphatic rings. The van der Waals surface area contributed by atoms with Crippen LogP contribution in [0.1, 0.15) is 135 Å². The smallest absolute Gasteiger partial charge is 0.0553 e. The van der Waals surface area contributed by atoms with Crippen molar-refractivity contribution in [3.05, 3.63) is 142 Å². The van der Waals surface area contributed by atoms with Crippen LogP contribution in [-0.4, -0.2) is 8.07 Å². The fraction of sp³-hybridized carbons (Fsp3) is 0.500. The van der Waals surface area contributed by atoms with Crippen LogP contribution in [0.15, 0.2) is 97.1 Å². The van der Waals surface area contributed by atoms with Gasteiger partial charge < -0.3 is 0 Å². The largest absolute Gasteiger partial charge is 0.0689 e. The molecule has 0 nitrogen and oxygen atoms in total. The summed E-state index contributed by atoms with van der Waals surface area (Å²) in [4.78, 5) is 0. The lowest BCUT2D eigenvalue weighted by atomic mass is 9.77. The first-order valence-electron chi connectivity index (χ1n) is 19.7. The van der Waals surface area contributed by atoms with E-state index in [-0.39, 0.29) is 10.8 Å². The zero-order valence-corrected chi connectivity index (χ0v) is 32.6. The Bertz CT molecular complexity index is 1660. The molecule has 1 heteroatoms. The van der Waals surface area contributed by atoms with Crippen LogP contribution in [0, 0.1) is 11.8 Å². The third kappa shape index (κ3) is 5.71. The molecule has 4 aliphatic carbocycles. The molecule has 49 heavy (non-hydrogen) atoms. The monoisotopic (exact) mass is 664 g/mol. The van der Waals surface area contributed by atoms with E-state index in [0.29, 0.717) is 23.7 Å². The second-order valence-corrected chi connectivity index (χ2v) is 24.3. The summed E-state index contributed by atoms with van der Waals surface area (Å²) < 4.78 is 0. The van der Waals surface area contributed by atoms with Crippen LogP contribution in [-0.2, 0) is 23.7 Å². The summed E-state index contributed by atoms with van der Waals surface area (Å²) in [6.45, 7) is 19.9. The van der Waals surface area contributed by atoms with Crippen molar-refractivity contribution in [3.8, 4) is 0 Å². The summed E-state index contributed by atoms with van der Waals surface area (Å²) in [6.07, 6.45) is 7.91. The normalized spacial score (nSPS) is 29.6. The molecular formula is C48H60Si. The Hall–Kier alpha value is -2.90. The highest BCUT2D eigenvalue weighted by atomic mass is 28.3. The predicted octanol–water partition coefficient (Wildman–Crippen LogP) is 13.1. The Morgan fingerprint density at radius 2 is 0.837 bits per heavy atom. The average Bonchev–Trinajstić information content (AvgIpc) is 3.69. The van der Waals surface area contributed by atoms with Crippen LogP contribution in [0.25, 0.3) is 0 Å². The van der Waals surface area contributed by atoms with E-state index in [0.717, 1.165) is 22.9 Å². The Labute approximate surface area is 299 Å². The maximum atomic E-state index is 2.89. The minimum Gasteiger partial charge on any atom is -0.0689 e. The number of benzene rings is 4. The summed E-state index contributed by atoms with van der Waals surface area (Å²) in [7, 11) is -1.89. The lowest BCUT2D eigenvalue weighted by Crippen LogP contribution is -2.46. The van der Waals surface area contributed by atoms with Gasteiger partial charge in [0.1, 0.15) is 0 Å². The number of hydrogen-bond acceptors (Lipinski definition) is 0. The van der Waals surface area contributed by atoms with Crippen molar-refractivity contribution in [1.82, 2.24) is 0 Å². The Morgan fingerprint density at radius 1 is 0.469 bits per heavy atom. The van der Waals surface area contributed by atoms with Crippen LogP contribution >= 0.6 is 0 Å². The van der Waals surface area contributed by atoms with Crippen LogP contribution in [0.2, 0.25) is 24.2 Å². The molecule has 4 aromatic rings. The van der Waals surface area contributed by atoms with E-state index in [1.807, 2.05) is 0 Å². The van der Waals surface area contributed by atoms with E-state index >= 15 is 0 Å². The van der Waals surface area contributed by atoms with Gasteiger partial charge in [0.05, 0.1) is 8.07 Å². The van der Waals surface area contributed by atoms with Gasteiger partial charge in [-0.05, 0) is 140 Å². The van der Waals surface area contributed by atoms with Crippen molar-refractivity contribution in [2.45, 2.75) is 139 Å². The summed E-state index contributed by atoms with van der Waals surface area (Å²) in [6, 6.07) is 39.2. The van der Waals surface area contributed by atoms with Crippen molar-refractivity contribution in [2.24, 2.45) is 11.8 Å². The van der Waals surface area contributed by atoms with Gasteiger partial charge in [-0.2, -0.15) is 0 Å². The first-order valence-corrected chi connectivity index (χ1v) is 22.8. The minimum atomic E-state index is -1.89. The fourth-order valence-electron chi connectivity index (χ4n) is 12.2. The lowest BCUT2D eigenvalue weighted by Gasteiger charge is -2.48. The predicted molar refractivity (Wildman–Crippen MR) is 212 cm³/mol. The number of hydrogen-bond donors (Lipinski definition) is 0. The summed E-state index contributed by atoms with van der Waals surface area (Å²) in [5.41, 5.74) is 14.8. The molecule has 2 saturated carbocycles. The number of rotatable bonds is 4. The van der Waals surface area contributed by atoms with Crippen molar-refractivity contribution < 1.29 is 0 Å². The molecule has 2 fully saturated rings. The van der Waals surface area contributed by atoms with E-state index in [1.165, 1.54) is 49.7 Å². The molecule has 4 aromatic carbocycles. The summed E-state index contributed by atoms with van der Waals surface area (Å²) in [5.74, 6) is 4.28. The van der Waals surface area contributed by atoms with Gasteiger partial charge in [-0.15, -0.1) is 0 Å². The van der Waals surface area contributed by atoms with Gasteiger partial charge in [0.15, 0.2) is 0 Å². The third-order valence-electron chi connectivity index (χ3n) is 14.4. The van der Waals surface area contributed by atoms with Crippen LogP contribution < -0.4 is 0 Å². The fourth-order valence-corrected chi connectivity index (χ4v) is 18.3. The quantitative estimate of drug-likeness (QED) is 0.190. The van der Waals surface area contributed by atoms with Gasteiger partial charge in [0.2, 0.25) is 0 Å². The minimum absolute atomic E-state index is 0.181. The van der Waals surface area contributed by atoms with E-state index in [9.17, 15) is 0 Å². The molecule has 0 radical (unpaired) electrons. The zero-order chi connectivity index (χ0) is 34.3. The molecular weight excluding hydrogens is 605 g/mol. The number of fused-ring (bicyclic) bond motifs is 6. The van der Waals surface area contributed by atoms with Crippen molar-refractivity contribution in [2.75, 3.05) is 0 Å². The zero-order valence-electron chi connectivity index (χ0n) is 31.6. The van der Waals surface area contributed by atoms with Gasteiger partial charge in [-0.1, -0.05) is 152 Å². The average molecular weight is 665 g/mol. The van der Waals surface area contributed by atoms with Crippen molar-refractivity contribution >= 4 is 8.07 Å². The maximum absolute atomic E-state index is 2.89. The van der Waals surface area contributed by atoms with E-state index < -0.39 is 8.07 Å². The highest BCUT2D eigenvalue weighted by Gasteiger charge is 2.60. The topological polar surface area (TPSA) is 0 Å². The molecule has 0 bridgehead atoms. The summed E-state index contributed by atoms with van der Waals surface area (Å²) in [5, 5.41) is 0. The second kappa shape index (κ2) is 12.1. The molecule has 0 aromatic heterocycles. The highest BCUT2D eigenvalue weighted by Crippen LogP contribution is 2.70. The van der Waals surface area contributed by atoms with Crippen LogP contribution in [0.3, 0.4) is 0 Å². The van der Waals surface area contributed by atoms with Gasteiger partial charge in [0.25, 0.3) is 0 Å². The van der Waals surface area contributed by atoms with E-state index in [2.05, 4.69) is 152 Å². The van der Waals surface area contributed by atoms with E-state index in [4.69, 9.17) is 0 Å². The molecule has 0 aliphatic heterocycles. The first-order chi connectivity index (χ1) is 23.3. The second-order valence-electron chi connectivity index (χ2n) is 19.3. The maximum Gasteiger partial charge on any atom is 0.0553 e. The molecule has 0 amide bonds. The third-order valence-corrected chi connectivity index (χ3v) is 19.5. The molecule has 0 saturated heterocycles. The molecule has 8 atom stereocenters. The molecule has 8 rings (SSSR count). The molecule has 8 unspecified atom stereocenters. The van der Waals surface area contributed by atoms with Crippen LogP contribution in [0.5, 0.6) is 0 Å². The standard InChI is InChI=1S/C48H60Si/c1-47(2,3)35-23-17-33(18-24-35)41-29-43-37-15-11-9-13-31(37)21-27-39(43)45(41)49(7,8)46-40-28-22-32-14-10-12-16-38(32)44(40)30-42(46)34-19-25-36(26-20-34)48(4,5)6/h9-20,23-26,39-46H,21-22,27-30H2,1-8H3. The summed E-state index contributed by atoms with van der Waals surface area (Å²) >= 11 is 0. The Morgan fingerprint density at radius 3 is 1.20 bits per heavy atom. The molecule has 0 heterocycles. The molecule has 256 valence electrons. The SMILES string of the molecule is CC(C)(C)c1ccc(C2CC3c4ccccc4CCC3C2[Si](C)(C)C2C(c3ccc(C(C)(C)C)cc3)CC3c4ccccc4CCC32)cc1. The number of aryl methyl sites for hydroxylation is 2. The molecule has 0 spiro atoms. The first kappa shape index (κ1) is 33.3.